The van der Waals surface area contributed by atoms with Gasteiger partial charge in [-0.2, -0.15) is 0 Å². The molecule has 104 valence electrons. The number of amides is 1. The molecule has 2 aliphatic rings. The van der Waals surface area contributed by atoms with Crippen LogP contribution in [0.5, 0.6) is 0 Å². The fourth-order valence-electron chi connectivity index (χ4n) is 3.33. The van der Waals surface area contributed by atoms with Crippen LogP contribution in [0.3, 0.4) is 0 Å². The maximum atomic E-state index is 12.3. The molecule has 0 saturated carbocycles. The molecule has 1 N–H and O–H groups in total. The first kappa shape index (κ1) is 12.7. The van der Waals surface area contributed by atoms with E-state index in [4.69, 9.17) is 0 Å². The molecule has 0 atom stereocenters. The molecule has 2 fully saturated rings. The van der Waals surface area contributed by atoms with Crippen molar-refractivity contribution >= 4 is 5.91 Å². The fraction of sp³-hybridized carbons (Fsp3) is 0.714. The molecule has 1 spiro atoms. The van der Waals surface area contributed by atoms with E-state index in [1.54, 1.807) is 12.5 Å². The molecule has 19 heavy (non-hydrogen) atoms. The first-order valence-corrected chi connectivity index (χ1v) is 7.17. The minimum atomic E-state index is 0.0874. The van der Waals surface area contributed by atoms with Crippen molar-refractivity contribution in [1.29, 1.82) is 0 Å². The molecule has 2 aliphatic heterocycles. The van der Waals surface area contributed by atoms with E-state index < -0.39 is 0 Å². The Morgan fingerprint density at radius 2 is 1.95 bits per heavy atom. The van der Waals surface area contributed by atoms with Gasteiger partial charge >= 0.3 is 0 Å². The fourth-order valence-corrected chi connectivity index (χ4v) is 3.33. The zero-order chi connectivity index (χ0) is 13.3. The van der Waals surface area contributed by atoms with Crippen LogP contribution in [-0.4, -0.2) is 46.5 Å². The highest BCUT2D eigenvalue weighted by Crippen LogP contribution is 2.39. The molecule has 1 aromatic rings. The smallest absolute Gasteiger partial charge is 0.274 e. The summed E-state index contributed by atoms with van der Waals surface area (Å²) in [7, 11) is 1.89. The van der Waals surface area contributed by atoms with Crippen LogP contribution in [0.25, 0.3) is 0 Å². The van der Waals surface area contributed by atoms with Crippen LogP contribution in [0, 0.1) is 5.41 Å². The molecule has 0 aliphatic carbocycles. The third-order valence-electron chi connectivity index (χ3n) is 4.70. The van der Waals surface area contributed by atoms with Crippen molar-refractivity contribution in [3.8, 4) is 0 Å². The van der Waals surface area contributed by atoms with Crippen LogP contribution in [0.2, 0.25) is 0 Å². The number of carbonyl (C=O) groups is 1. The van der Waals surface area contributed by atoms with Gasteiger partial charge in [-0.25, -0.2) is 4.98 Å². The summed E-state index contributed by atoms with van der Waals surface area (Å²) in [5.74, 6) is 0.0874. The summed E-state index contributed by atoms with van der Waals surface area (Å²) >= 11 is 0. The van der Waals surface area contributed by atoms with E-state index in [-0.39, 0.29) is 5.91 Å². The van der Waals surface area contributed by atoms with Gasteiger partial charge in [0.2, 0.25) is 0 Å². The van der Waals surface area contributed by atoms with Crippen molar-refractivity contribution in [2.45, 2.75) is 25.7 Å². The number of nitrogens with zero attached hydrogens (tertiary/aromatic N) is 3. The average molecular weight is 262 g/mol. The standard InChI is InChI=1S/C14H22N4O/c1-17-10-12(16-11-17)13(19)18-8-4-14(5-9-18)2-6-15-7-3-14/h10-11,15H,2-9H2,1H3. The molecule has 0 radical (unpaired) electrons. The van der Waals surface area contributed by atoms with E-state index in [2.05, 4.69) is 10.3 Å². The lowest BCUT2D eigenvalue weighted by Gasteiger charge is -2.44. The van der Waals surface area contributed by atoms with E-state index >= 15 is 0 Å². The Morgan fingerprint density at radius 3 is 2.53 bits per heavy atom. The number of aryl methyl sites for hydroxylation is 1. The summed E-state index contributed by atoms with van der Waals surface area (Å²) < 4.78 is 1.82. The Labute approximate surface area is 114 Å². The second kappa shape index (κ2) is 4.96. The van der Waals surface area contributed by atoms with Gasteiger partial charge in [-0.1, -0.05) is 0 Å². The maximum absolute atomic E-state index is 12.3. The third-order valence-corrected chi connectivity index (χ3v) is 4.70. The minimum Gasteiger partial charge on any atom is -0.340 e. The van der Waals surface area contributed by atoms with E-state index in [1.165, 1.54) is 12.8 Å². The van der Waals surface area contributed by atoms with Crippen molar-refractivity contribution in [3.05, 3.63) is 18.2 Å². The Morgan fingerprint density at radius 1 is 1.26 bits per heavy atom. The number of likely N-dealkylation sites (tertiary alicyclic amines) is 1. The number of aromatic nitrogens is 2. The Kier molecular flexibility index (Phi) is 3.31. The van der Waals surface area contributed by atoms with Crippen LogP contribution >= 0.6 is 0 Å². The molecule has 1 amide bonds. The van der Waals surface area contributed by atoms with Crippen LogP contribution in [0.4, 0.5) is 0 Å². The van der Waals surface area contributed by atoms with Gasteiger partial charge in [0.15, 0.2) is 0 Å². The molecule has 5 nitrogen and oxygen atoms in total. The zero-order valence-electron chi connectivity index (χ0n) is 11.6. The van der Waals surface area contributed by atoms with Crippen molar-refractivity contribution in [3.63, 3.8) is 0 Å². The van der Waals surface area contributed by atoms with Crippen molar-refractivity contribution in [1.82, 2.24) is 19.8 Å². The minimum absolute atomic E-state index is 0.0874. The summed E-state index contributed by atoms with van der Waals surface area (Å²) in [5, 5.41) is 3.43. The van der Waals surface area contributed by atoms with Gasteiger partial charge < -0.3 is 14.8 Å². The first-order valence-electron chi connectivity index (χ1n) is 7.17. The predicted molar refractivity (Wildman–Crippen MR) is 72.9 cm³/mol. The molecule has 3 heterocycles. The van der Waals surface area contributed by atoms with Gasteiger partial charge in [-0.05, 0) is 44.2 Å². The second-order valence-corrected chi connectivity index (χ2v) is 5.97. The molecule has 0 bridgehead atoms. The number of nitrogens with one attached hydrogen (secondary N) is 1. The monoisotopic (exact) mass is 262 g/mol. The topological polar surface area (TPSA) is 50.2 Å². The summed E-state index contributed by atoms with van der Waals surface area (Å²) in [6.07, 6.45) is 8.31. The molecular formula is C14H22N4O. The van der Waals surface area contributed by atoms with Gasteiger partial charge in [-0.15, -0.1) is 0 Å². The largest absolute Gasteiger partial charge is 0.340 e. The number of hydrogen-bond donors (Lipinski definition) is 1. The lowest BCUT2D eigenvalue weighted by molar-refractivity contribution is 0.0491. The van der Waals surface area contributed by atoms with E-state index in [9.17, 15) is 4.79 Å². The molecule has 0 unspecified atom stereocenters. The highest BCUT2D eigenvalue weighted by molar-refractivity contribution is 5.92. The van der Waals surface area contributed by atoms with Gasteiger partial charge in [0, 0.05) is 26.3 Å². The summed E-state index contributed by atoms with van der Waals surface area (Å²) in [4.78, 5) is 18.4. The Bertz CT molecular complexity index is 452. The van der Waals surface area contributed by atoms with Gasteiger partial charge in [0.05, 0.1) is 6.33 Å². The second-order valence-electron chi connectivity index (χ2n) is 5.97. The van der Waals surface area contributed by atoms with Crippen molar-refractivity contribution < 1.29 is 4.79 Å². The summed E-state index contributed by atoms with van der Waals surface area (Å²) in [6, 6.07) is 0. The van der Waals surface area contributed by atoms with Gasteiger partial charge in [-0.3, -0.25) is 4.79 Å². The van der Waals surface area contributed by atoms with Crippen molar-refractivity contribution in [2.24, 2.45) is 12.5 Å². The van der Waals surface area contributed by atoms with Crippen LogP contribution in [0.1, 0.15) is 36.2 Å². The van der Waals surface area contributed by atoms with Crippen LogP contribution in [0.15, 0.2) is 12.5 Å². The highest BCUT2D eigenvalue weighted by Gasteiger charge is 2.37. The molecule has 2 saturated heterocycles. The highest BCUT2D eigenvalue weighted by atomic mass is 16.2. The van der Waals surface area contributed by atoms with E-state index in [0.29, 0.717) is 11.1 Å². The summed E-state index contributed by atoms with van der Waals surface area (Å²) in [5.41, 5.74) is 1.07. The quantitative estimate of drug-likeness (QED) is 0.822. The van der Waals surface area contributed by atoms with Crippen LogP contribution < -0.4 is 5.32 Å². The average Bonchev–Trinajstić information content (AvgIpc) is 2.87. The molecular weight excluding hydrogens is 240 g/mol. The molecule has 0 aromatic carbocycles. The number of rotatable bonds is 1. The number of hydrogen-bond acceptors (Lipinski definition) is 3. The zero-order valence-corrected chi connectivity index (χ0v) is 11.6. The molecule has 5 heteroatoms. The number of imidazole rings is 1. The third kappa shape index (κ3) is 2.52. The lowest BCUT2D eigenvalue weighted by atomic mass is 9.71. The van der Waals surface area contributed by atoms with Crippen molar-refractivity contribution in [2.75, 3.05) is 26.2 Å². The molecule has 3 rings (SSSR count). The Hall–Kier alpha value is -1.36. The first-order chi connectivity index (χ1) is 9.19. The number of carbonyl (C=O) groups excluding carboxylic acids is 1. The predicted octanol–water partition coefficient (Wildman–Crippen LogP) is 1.03. The maximum Gasteiger partial charge on any atom is 0.274 e. The molecule has 1 aromatic heterocycles. The number of piperidine rings is 2. The normalized spacial score (nSPS) is 22.7. The van der Waals surface area contributed by atoms with Crippen LogP contribution in [-0.2, 0) is 7.05 Å². The van der Waals surface area contributed by atoms with Gasteiger partial charge in [0.1, 0.15) is 5.69 Å². The Balaban J connectivity index is 1.62. The van der Waals surface area contributed by atoms with E-state index in [0.717, 1.165) is 39.0 Å². The lowest BCUT2D eigenvalue weighted by Crippen LogP contribution is -2.47. The van der Waals surface area contributed by atoms with E-state index in [1.807, 2.05) is 16.5 Å². The SMILES string of the molecule is Cn1cnc(C(=O)N2CCC3(CCNCC3)CC2)c1. The summed E-state index contributed by atoms with van der Waals surface area (Å²) in [6.45, 7) is 4.03. The van der Waals surface area contributed by atoms with Gasteiger partial charge in [0.25, 0.3) is 5.91 Å².